The number of piperidine rings is 1. The molecule has 1 aromatic rings. The molecule has 0 aromatic heterocycles. The van der Waals surface area contributed by atoms with Crippen LogP contribution in [0.2, 0.25) is 0 Å². The van der Waals surface area contributed by atoms with E-state index < -0.39 is 10.0 Å². The molecule has 1 aliphatic rings. The van der Waals surface area contributed by atoms with Gasteiger partial charge in [0.2, 0.25) is 10.0 Å². The van der Waals surface area contributed by atoms with Crippen molar-refractivity contribution in [3.8, 4) is 5.75 Å². The standard InChI is InChI=1S/C15H23NO3S/c1-11-5-6-15(14(8-11)19-4)20(17,18)16-9-12(2)7-13(3)10-16/h5-6,8,12-13H,7,9-10H2,1-4H3. The normalized spacial score (nSPS) is 24.6. The number of benzene rings is 1. The van der Waals surface area contributed by atoms with Crippen LogP contribution >= 0.6 is 0 Å². The molecule has 1 fully saturated rings. The predicted octanol–water partition coefficient (Wildman–Crippen LogP) is 2.67. The molecular weight excluding hydrogens is 274 g/mol. The summed E-state index contributed by atoms with van der Waals surface area (Å²) in [5.41, 5.74) is 0.987. The summed E-state index contributed by atoms with van der Waals surface area (Å²) in [6.45, 7) is 7.30. The van der Waals surface area contributed by atoms with Crippen LogP contribution in [0.3, 0.4) is 0 Å². The van der Waals surface area contributed by atoms with Crippen molar-refractivity contribution in [1.82, 2.24) is 4.31 Å². The van der Waals surface area contributed by atoms with E-state index in [1.165, 1.54) is 7.11 Å². The zero-order valence-corrected chi connectivity index (χ0v) is 13.4. The van der Waals surface area contributed by atoms with Crippen molar-refractivity contribution in [2.45, 2.75) is 32.1 Å². The number of hydrogen-bond donors (Lipinski definition) is 0. The minimum absolute atomic E-state index is 0.270. The predicted molar refractivity (Wildman–Crippen MR) is 79.4 cm³/mol. The van der Waals surface area contributed by atoms with Crippen molar-refractivity contribution in [3.05, 3.63) is 23.8 Å². The third-order valence-corrected chi connectivity index (χ3v) is 5.64. The highest BCUT2D eigenvalue weighted by atomic mass is 32.2. The SMILES string of the molecule is COc1cc(C)ccc1S(=O)(=O)N1CC(C)CC(C)C1. The molecule has 0 radical (unpaired) electrons. The quantitative estimate of drug-likeness (QED) is 0.861. The first-order valence-electron chi connectivity index (χ1n) is 6.99. The minimum Gasteiger partial charge on any atom is -0.495 e. The summed E-state index contributed by atoms with van der Waals surface area (Å²) >= 11 is 0. The summed E-state index contributed by atoms with van der Waals surface area (Å²) in [6.07, 6.45) is 1.08. The van der Waals surface area contributed by atoms with Crippen LogP contribution in [-0.4, -0.2) is 32.9 Å². The van der Waals surface area contributed by atoms with E-state index in [1.807, 2.05) is 13.0 Å². The summed E-state index contributed by atoms with van der Waals surface area (Å²) in [4.78, 5) is 0.270. The number of ether oxygens (including phenoxy) is 1. The molecule has 4 nitrogen and oxygen atoms in total. The topological polar surface area (TPSA) is 46.6 Å². The minimum atomic E-state index is -3.48. The molecule has 1 aromatic carbocycles. The zero-order valence-electron chi connectivity index (χ0n) is 12.6. The second-order valence-corrected chi connectivity index (χ2v) is 7.83. The van der Waals surface area contributed by atoms with Gasteiger partial charge in [-0.25, -0.2) is 8.42 Å². The second-order valence-electron chi connectivity index (χ2n) is 5.92. The molecule has 0 bridgehead atoms. The van der Waals surface area contributed by atoms with Crippen LogP contribution < -0.4 is 4.74 Å². The Morgan fingerprint density at radius 2 is 1.80 bits per heavy atom. The van der Waals surface area contributed by atoms with Gasteiger partial charge in [0.25, 0.3) is 0 Å². The molecule has 0 saturated carbocycles. The van der Waals surface area contributed by atoms with E-state index >= 15 is 0 Å². The number of sulfonamides is 1. The van der Waals surface area contributed by atoms with E-state index in [0.29, 0.717) is 30.7 Å². The van der Waals surface area contributed by atoms with E-state index in [2.05, 4.69) is 13.8 Å². The van der Waals surface area contributed by atoms with Gasteiger partial charge in [-0.3, -0.25) is 0 Å². The van der Waals surface area contributed by atoms with Crippen LogP contribution in [0.5, 0.6) is 5.75 Å². The summed E-state index contributed by atoms with van der Waals surface area (Å²) in [5.74, 6) is 1.21. The molecule has 5 heteroatoms. The molecular formula is C15H23NO3S. The number of hydrogen-bond acceptors (Lipinski definition) is 3. The van der Waals surface area contributed by atoms with Gasteiger partial charge in [0, 0.05) is 13.1 Å². The molecule has 0 aliphatic carbocycles. The van der Waals surface area contributed by atoms with Crippen molar-refractivity contribution in [1.29, 1.82) is 0 Å². The van der Waals surface area contributed by atoms with Crippen molar-refractivity contribution in [2.75, 3.05) is 20.2 Å². The summed E-state index contributed by atoms with van der Waals surface area (Å²) < 4.78 is 32.5. The first-order chi connectivity index (χ1) is 9.34. The molecule has 0 N–H and O–H groups in total. The number of methoxy groups -OCH3 is 1. The lowest BCUT2D eigenvalue weighted by Gasteiger charge is -2.34. The molecule has 112 valence electrons. The van der Waals surface area contributed by atoms with E-state index in [9.17, 15) is 8.42 Å². The maximum atomic E-state index is 12.8. The van der Waals surface area contributed by atoms with Gasteiger partial charge < -0.3 is 4.74 Å². The third-order valence-electron chi connectivity index (χ3n) is 3.77. The van der Waals surface area contributed by atoms with Crippen LogP contribution in [0.4, 0.5) is 0 Å². The van der Waals surface area contributed by atoms with Crippen molar-refractivity contribution in [2.24, 2.45) is 11.8 Å². The smallest absolute Gasteiger partial charge is 0.246 e. The van der Waals surface area contributed by atoms with E-state index in [1.54, 1.807) is 16.4 Å². The first-order valence-corrected chi connectivity index (χ1v) is 8.43. The molecule has 2 atom stereocenters. The third kappa shape index (κ3) is 2.99. The molecule has 0 amide bonds. The van der Waals surface area contributed by atoms with Gasteiger partial charge in [0.1, 0.15) is 10.6 Å². The van der Waals surface area contributed by atoms with E-state index in [4.69, 9.17) is 4.74 Å². The number of rotatable bonds is 3. The van der Waals surface area contributed by atoms with Crippen molar-refractivity contribution >= 4 is 10.0 Å². The van der Waals surface area contributed by atoms with Crippen molar-refractivity contribution in [3.63, 3.8) is 0 Å². The van der Waals surface area contributed by atoms with Crippen LogP contribution in [0.1, 0.15) is 25.8 Å². The molecule has 1 saturated heterocycles. The lowest BCUT2D eigenvalue weighted by Crippen LogP contribution is -2.42. The number of nitrogens with zero attached hydrogens (tertiary/aromatic N) is 1. The van der Waals surface area contributed by atoms with Gasteiger partial charge in [0.05, 0.1) is 7.11 Å². The summed E-state index contributed by atoms with van der Waals surface area (Å²) in [7, 11) is -1.97. The Hall–Kier alpha value is -1.07. The Labute approximate surface area is 121 Å². The molecule has 0 spiro atoms. The van der Waals surface area contributed by atoms with Gasteiger partial charge in [-0.15, -0.1) is 0 Å². The lowest BCUT2D eigenvalue weighted by molar-refractivity contribution is 0.222. The Bertz CT molecular complexity index is 573. The summed E-state index contributed by atoms with van der Waals surface area (Å²) in [5, 5.41) is 0. The van der Waals surface area contributed by atoms with Gasteiger partial charge in [-0.05, 0) is 42.9 Å². The van der Waals surface area contributed by atoms with Gasteiger partial charge in [0.15, 0.2) is 0 Å². The Morgan fingerprint density at radius 3 is 2.35 bits per heavy atom. The maximum Gasteiger partial charge on any atom is 0.246 e. The lowest BCUT2D eigenvalue weighted by atomic mass is 9.94. The second kappa shape index (κ2) is 5.74. The van der Waals surface area contributed by atoms with Gasteiger partial charge >= 0.3 is 0 Å². The maximum absolute atomic E-state index is 12.8. The van der Waals surface area contributed by atoms with E-state index in [-0.39, 0.29) is 4.90 Å². The Morgan fingerprint density at radius 1 is 1.20 bits per heavy atom. The Kier molecular flexibility index (Phi) is 4.39. The van der Waals surface area contributed by atoms with Crippen LogP contribution in [0.15, 0.2) is 23.1 Å². The molecule has 2 unspecified atom stereocenters. The van der Waals surface area contributed by atoms with Crippen LogP contribution in [0.25, 0.3) is 0 Å². The zero-order chi connectivity index (χ0) is 14.9. The average Bonchev–Trinajstić information content (AvgIpc) is 2.37. The molecule has 20 heavy (non-hydrogen) atoms. The van der Waals surface area contributed by atoms with Crippen LogP contribution in [0, 0.1) is 18.8 Å². The molecule has 2 rings (SSSR count). The fraction of sp³-hybridized carbons (Fsp3) is 0.600. The molecule has 1 aliphatic heterocycles. The fourth-order valence-corrected chi connectivity index (χ4v) is 4.75. The van der Waals surface area contributed by atoms with Crippen molar-refractivity contribution < 1.29 is 13.2 Å². The number of aryl methyl sites for hydroxylation is 1. The summed E-state index contributed by atoms with van der Waals surface area (Å²) in [6, 6.07) is 5.23. The van der Waals surface area contributed by atoms with E-state index in [0.717, 1.165) is 12.0 Å². The fourth-order valence-electron chi connectivity index (χ4n) is 2.93. The van der Waals surface area contributed by atoms with Gasteiger partial charge in [-0.1, -0.05) is 19.9 Å². The largest absolute Gasteiger partial charge is 0.495 e. The monoisotopic (exact) mass is 297 g/mol. The average molecular weight is 297 g/mol. The van der Waals surface area contributed by atoms with Gasteiger partial charge in [-0.2, -0.15) is 4.31 Å². The molecule has 1 heterocycles. The Balaban J connectivity index is 2.39. The van der Waals surface area contributed by atoms with Crippen LogP contribution in [-0.2, 0) is 10.0 Å². The first kappa shape index (κ1) is 15.3. The highest BCUT2D eigenvalue weighted by molar-refractivity contribution is 7.89. The highest BCUT2D eigenvalue weighted by Gasteiger charge is 2.33. The highest BCUT2D eigenvalue weighted by Crippen LogP contribution is 2.31.